The summed E-state index contributed by atoms with van der Waals surface area (Å²) in [5, 5.41) is 8.19. The van der Waals surface area contributed by atoms with Crippen molar-refractivity contribution in [3.8, 4) is 5.75 Å². The second kappa shape index (κ2) is 7.72. The molecule has 0 aliphatic carbocycles. The Labute approximate surface area is 160 Å². The maximum absolute atomic E-state index is 12.8. The molecule has 0 saturated carbocycles. The summed E-state index contributed by atoms with van der Waals surface area (Å²) in [7, 11) is 3.17. The number of nitrogens with zero attached hydrogens (tertiary/aromatic N) is 2. The maximum Gasteiger partial charge on any atom is 0.258 e. The van der Waals surface area contributed by atoms with Crippen molar-refractivity contribution in [3.05, 3.63) is 39.6 Å². The predicted molar refractivity (Wildman–Crippen MR) is 110 cm³/mol. The lowest BCUT2D eigenvalue weighted by Gasteiger charge is -2.19. The molecule has 0 spiro atoms. The van der Waals surface area contributed by atoms with Gasteiger partial charge in [0.2, 0.25) is 0 Å². The second-order valence-electron chi connectivity index (χ2n) is 5.38. The summed E-state index contributed by atoms with van der Waals surface area (Å²) in [6.07, 6.45) is 3.99. The molecule has 2 N–H and O–H groups in total. The van der Waals surface area contributed by atoms with Gasteiger partial charge >= 0.3 is 0 Å². The number of methoxy groups -OCH3 is 1. The third-order valence-corrected chi connectivity index (χ3v) is 5.32. The number of hydrogen-bond acceptors (Lipinski definition) is 6. The van der Waals surface area contributed by atoms with Crippen LogP contribution in [0.15, 0.2) is 33.6 Å². The van der Waals surface area contributed by atoms with Gasteiger partial charge in [0.05, 0.1) is 34.6 Å². The maximum atomic E-state index is 12.8. The first-order valence-corrected chi connectivity index (χ1v) is 8.99. The summed E-state index contributed by atoms with van der Waals surface area (Å²) >= 11 is 7.39. The third-order valence-electron chi connectivity index (χ3n) is 3.87. The molecular weight excluding hydrogens is 372 g/mol. The largest absolute Gasteiger partial charge is 0.497 e. The smallest absolute Gasteiger partial charge is 0.258 e. The quantitative estimate of drug-likeness (QED) is 0.745. The molecule has 0 unspecified atom stereocenters. The van der Waals surface area contributed by atoms with E-state index in [9.17, 15) is 4.79 Å². The fraction of sp³-hybridized carbons (Fsp3) is 0.167. The molecule has 1 aromatic heterocycles. The Kier molecular flexibility index (Phi) is 5.39. The highest BCUT2D eigenvalue weighted by atomic mass is 35.5. The molecule has 0 radical (unpaired) electrons. The molecular formula is C18H17ClN4O2S. The van der Waals surface area contributed by atoms with Crippen molar-refractivity contribution in [1.82, 2.24) is 0 Å². The summed E-state index contributed by atoms with van der Waals surface area (Å²) in [4.78, 5) is 21.4. The van der Waals surface area contributed by atoms with Crippen molar-refractivity contribution in [2.75, 3.05) is 31.3 Å². The molecule has 26 heavy (non-hydrogen) atoms. The van der Waals surface area contributed by atoms with Gasteiger partial charge in [-0.1, -0.05) is 23.8 Å². The highest BCUT2D eigenvalue weighted by Gasteiger charge is 2.21. The minimum absolute atomic E-state index is 0.294. The Morgan fingerprint density at radius 1 is 1.46 bits per heavy atom. The molecule has 0 atom stereocenters. The van der Waals surface area contributed by atoms with E-state index in [4.69, 9.17) is 16.3 Å². The number of fused-ring (bicyclic) bond motifs is 1. The fourth-order valence-electron chi connectivity index (χ4n) is 2.64. The standard InChI is InChI=1S/C18H17ClN4O2S/c1-20-15-12(9-26-16(15)17(19)21-2)18(24)23-13-8-11(25-3)7-10-5-4-6-22-14(10)13/h4-5,7-9,22H,1,6H2,2-3H3,(H,23,24)/b21-17+. The van der Waals surface area contributed by atoms with E-state index in [1.807, 2.05) is 18.2 Å². The molecule has 6 nitrogen and oxygen atoms in total. The van der Waals surface area contributed by atoms with Crippen LogP contribution in [0.5, 0.6) is 5.75 Å². The van der Waals surface area contributed by atoms with Gasteiger partial charge in [-0.3, -0.25) is 14.8 Å². The summed E-state index contributed by atoms with van der Waals surface area (Å²) < 4.78 is 5.33. The normalized spacial score (nSPS) is 13.0. The van der Waals surface area contributed by atoms with Crippen LogP contribution in [-0.4, -0.2) is 38.5 Å². The zero-order valence-electron chi connectivity index (χ0n) is 14.3. The topological polar surface area (TPSA) is 75.1 Å². The van der Waals surface area contributed by atoms with E-state index in [1.54, 1.807) is 25.6 Å². The summed E-state index contributed by atoms with van der Waals surface area (Å²) in [6, 6.07) is 3.68. The fourth-order valence-corrected chi connectivity index (χ4v) is 3.79. The number of rotatable bonds is 5. The molecule has 1 aliphatic rings. The van der Waals surface area contributed by atoms with Crippen molar-refractivity contribution < 1.29 is 9.53 Å². The molecule has 1 amide bonds. The van der Waals surface area contributed by atoms with E-state index >= 15 is 0 Å². The van der Waals surface area contributed by atoms with E-state index in [1.165, 1.54) is 11.3 Å². The van der Waals surface area contributed by atoms with Crippen LogP contribution in [-0.2, 0) is 0 Å². The molecule has 2 heterocycles. The van der Waals surface area contributed by atoms with Gasteiger partial charge in [-0.2, -0.15) is 0 Å². The van der Waals surface area contributed by atoms with Crippen LogP contribution in [0.3, 0.4) is 0 Å². The highest BCUT2D eigenvalue weighted by molar-refractivity contribution is 7.15. The van der Waals surface area contributed by atoms with Crippen LogP contribution in [0, 0.1) is 0 Å². The van der Waals surface area contributed by atoms with Crippen LogP contribution >= 0.6 is 22.9 Å². The first-order valence-electron chi connectivity index (χ1n) is 7.73. The van der Waals surface area contributed by atoms with Crippen LogP contribution < -0.4 is 15.4 Å². The first-order chi connectivity index (χ1) is 12.6. The van der Waals surface area contributed by atoms with E-state index in [0.29, 0.717) is 39.3 Å². The molecule has 0 fully saturated rings. The molecule has 0 saturated heterocycles. The summed E-state index contributed by atoms with van der Waals surface area (Å²) in [6.45, 7) is 4.24. The number of carbonyl (C=O) groups is 1. The van der Waals surface area contributed by atoms with Crippen molar-refractivity contribution in [1.29, 1.82) is 0 Å². The lowest BCUT2D eigenvalue weighted by Crippen LogP contribution is -2.15. The zero-order valence-corrected chi connectivity index (χ0v) is 15.9. The Bertz CT molecular complexity index is 934. The van der Waals surface area contributed by atoms with Gasteiger partial charge in [-0.05, 0) is 12.8 Å². The van der Waals surface area contributed by atoms with Crippen LogP contribution in [0.2, 0.25) is 0 Å². The van der Waals surface area contributed by atoms with Crippen molar-refractivity contribution in [3.63, 3.8) is 0 Å². The summed E-state index contributed by atoms with van der Waals surface area (Å²) in [5.41, 5.74) is 3.24. The summed E-state index contributed by atoms with van der Waals surface area (Å²) in [5.74, 6) is 0.351. The van der Waals surface area contributed by atoms with Crippen LogP contribution in [0.4, 0.5) is 17.1 Å². The Morgan fingerprint density at radius 2 is 2.27 bits per heavy atom. The molecule has 0 bridgehead atoms. The minimum atomic E-state index is -0.303. The van der Waals surface area contributed by atoms with Gasteiger partial charge in [0, 0.05) is 30.6 Å². The molecule has 1 aromatic carbocycles. The number of anilines is 2. The highest BCUT2D eigenvalue weighted by Crippen LogP contribution is 2.37. The van der Waals surface area contributed by atoms with Crippen molar-refractivity contribution >= 4 is 63.9 Å². The second-order valence-corrected chi connectivity index (χ2v) is 6.61. The van der Waals surface area contributed by atoms with Crippen molar-refractivity contribution in [2.24, 2.45) is 9.98 Å². The SMILES string of the molecule is C=Nc1c(C(=O)Nc2cc(OC)cc3c2NCC=C3)csc1/C(Cl)=N\C. The predicted octanol–water partition coefficient (Wildman–Crippen LogP) is 4.40. The molecule has 8 heteroatoms. The lowest BCUT2D eigenvalue weighted by atomic mass is 10.1. The van der Waals surface area contributed by atoms with Gasteiger partial charge in [0.1, 0.15) is 10.9 Å². The number of halogens is 1. The van der Waals surface area contributed by atoms with Gasteiger partial charge in [-0.25, -0.2) is 0 Å². The van der Waals surface area contributed by atoms with Gasteiger partial charge < -0.3 is 15.4 Å². The van der Waals surface area contributed by atoms with Crippen LogP contribution in [0.1, 0.15) is 20.8 Å². The van der Waals surface area contributed by atoms with Gasteiger partial charge in [0.15, 0.2) is 0 Å². The van der Waals surface area contributed by atoms with Gasteiger partial charge in [-0.15, -0.1) is 11.3 Å². The monoisotopic (exact) mass is 388 g/mol. The number of carbonyl (C=O) groups excluding carboxylic acids is 1. The van der Waals surface area contributed by atoms with E-state index in [2.05, 4.69) is 27.3 Å². The Morgan fingerprint density at radius 3 is 2.96 bits per heavy atom. The Hall–Kier alpha value is -2.64. The zero-order chi connectivity index (χ0) is 18.7. The number of amides is 1. The van der Waals surface area contributed by atoms with E-state index in [-0.39, 0.29) is 5.91 Å². The minimum Gasteiger partial charge on any atom is -0.497 e. The molecule has 3 rings (SSSR count). The number of nitrogens with one attached hydrogen (secondary N) is 2. The molecule has 1 aliphatic heterocycles. The number of hydrogen-bond donors (Lipinski definition) is 2. The average Bonchev–Trinajstić information content (AvgIpc) is 3.11. The number of thiophene rings is 1. The lowest BCUT2D eigenvalue weighted by molar-refractivity contribution is 0.102. The first kappa shape index (κ1) is 18.2. The van der Waals surface area contributed by atoms with E-state index in [0.717, 1.165) is 11.3 Å². The van der Waals surface area contributed by atoms with E-state index < -0.39 is 0 Å². The molecule has 134 valence electrons. The van der Waals surface area contributed by atoms with Gasteiger partial charge in [0.25, 0.3) is 5.91 Å². The average molecular weight is 389 g/mol. The number of aliphatic imine (C=N–C) groups is 2. The third kappa shape index (κ3) is 3.36. The molecule has 2 aromatic rings. The van der Waals surface area contributed by atoms with Crippen LogP contribution in [0.25, 0.3) is 6.08 Å². The number of ether oxygens (including phenoxy) is 1. The van der Waals surface area contributed by atoms with Crippen molar-refractivity contribution in [2.45, 2.75) is 0 Å². The number of benzene rings is 1. The Balaban J connectivity index is 1.98.